The number of aryl methyl sites for hydroxylation is 1. The summed E-state index contributed by atoms with van der Waals surface area (Å²) in [6, 6.07) is 15.1. The first-order valence-corrected chi connectivity index (χ1v) is 10.4. The summed E-state index contributed by atoms with van der Waals surface area (Å²) >= 11 is 0. The molecule has 0 spiro atoms. The van der Waals surface area contributed by atoms with E-state index in [-0.39, 0.29) is 10.6 Å². The lowest BCUT2D eigenvalue weighted by Gasteiger charge is -2.24. The number of carbonyl (C=O) groups excluding carboxylic acids is 1. The fourth-order valence-corrected chi connectivity index (χ4v) is 4.09. The van der Waals surface area contributed by atoms with Gasteiger partial charge in [-0.15, -0.1) is 0 Å². The molecule has 1 N–H and O–H groups in total. The van der Waals surface area contributed by atoms with Gasteiger partial charge in [-0.1, -0.05) is 19.1 Å². The summed E-state index contributed by atoms with van der Waals surface area (Å²) in [4.78, 5) is 16.4. The van der Waals surface area contributed by atoms with Gasteiger partial charge < -0.3 is 5.32 Å². The van der Waals surface area contributed by atoms with E-state index in [9.17, 15) is 17.6 Å². The maximum atomic E-state index is 13.3. The van der Waals surface area contributed by atoms with Gasteiger partial charge in [-0.05, 0) is 60.5 Å². The predicted molar refractivity (Wildman–Crippen MR) is 110 cm³/mol. The summed E-state index contributed by atoms with van der Waals surface area (Å²) in [7, 11) is -4.08. The Balaban J connectivity index is 1.88. The molecule has 3 aromatic rings. The van der Waals surface area contributed by atoms with Gasteiger partial charge in [-0.2, -0.15) is 0 Å². The summed E-state index contributed by atoms with van der Waals surface area (Å²) in [6.45, 7) is 1.55. The average Bonchev–Trinajstić information content (AvgIpc) is 2.74. The van der Waals surface area contributed by atoms with Crippen molar-refractivity contribution in [1.82, 2.24) is 4.98 Å². The number of hydrogen-bond acceptors (Lipinski definition) is 4. The molecule has 0 aliphatic heterocycles. The van der Waals surface area contributed by atoms with E-state index in [2.05, 4.69) is 10.3 Å². The lowest BCUT2D eigenvalue weighted by Crippen LogP contribution is -2.38. The molecular weight excluding hydrogens is 393 g/mol. The molecule has 0 atom stereocenters. The van der Waals surface area contributed by atoms with Gasteiger partial charge in [-0.3, -0.25) is 14.1 Å². The van der Waals surface area contributed by atoms with Crippen LogP contribution in [0.5, 0.6) is 0 Å². The Morgan fingerprint density at radius 3 is 2.34 bits per heavy atom. The van der Waals surface area contributed by atoms with Gasteiger partial charge in [0, 0.05) is 18.1 Å². The Kier molecular flexibility index (Phi) is 6.23. The number of rotatable bonds is 7. The molecule has 2 aromatic carbocycles. The number of sulfonamides is 1. The third-order valence-electron chi connectivity index (χ3n) is 4.27. The van der Waals surface area contributed by atoms with Crippen molar-refractivity contribution in [2.45, 2.75) is 18.2 Å². The average molecular weight is 413 g/mol. The molecule has 0 aliphatic carbocycles. The molecule has 1 amide bonds. The van der Waals surface area contributed by atoms with E-state index >= 15 is 0 Å². The van der Waals surface area contributed by atoms with Crippen molar-refractivity contribution >= 4 is 27.3 Å². The van der Waals surface area contributed by atoms with Gasteiger partial charge in [0.15, 0.2) is 0 Å². The van der Waals surface area contributed by atoms with Gasteiger partial charge >= 0.3 is 0 Å². The molecule has 1 heterocycles. The quantitative estimate of drug-likeness (QED) is 0.642. The van der Waals surface area contributed by atoms with Crippen molar-refractivity contribution in [3.8, 4) is 0 Å². The van der Waals surface area contributed by atoms with Crippen LogP contribution in [0.3, 0.4) is 0 Å². The molecule has 0 bridgehead atoms. The molecular formula is C21H20FN3O3S. The third kappa shape index (κ3) is 4.97. The number of carbonyl (C=O) groups is 1. The van der Waals surface area contributed by atoms with E-state index < -0.39 is 28.3 Å². The lowest BCUT2D eigenvalue weighted by molar-refractivity contribution is -0.114. The van der Waals surface area contributed by atoms with Crippen molar-refractivity contribution in [2.24, 2.45) is 0 Å². The molecule has 6 nitrogen and oxygen atoms in total. The number of pyridine rings is 1. The zero-order valence-corrected chi connectivity index (χ0v) is 16.6. The van der Waals surface area contributed by atoms with Crippen molar-refractivity contribution in [3.05, 3.63) is 84.4 Å². The minimum Gasteiger partial charge on any atom is -0.325 e. The highest BCUT2D eigenvalue weighted by molar-refractivity contribution is 7.92. The van der Waals surface area contributed by atoms with Crippen LogP contribution in [0, 0.1) is 5.82 Å². The highest BCUT2D eigenvalue weighted by Gasteiger charge is 2.27. The zero-order valence-electron chi connectivity index (χ0n) is 15.7. The van der Waals surface area contributed by atoms with Crippen LogP contribution >= 0.6 is 0 Å². The van der Waals surface area contributed by atoms with Crippen molar-refractivity contribution in [1.29, 1.82) is 0 Å². The molecule has 3 rings (SSSR count). The van der Waals surface area contributed by atoms with Crippen molar-refractivity contribution < 1.29 is 17.6 Å². The van der Waals surface area contributed by atoms with E-state index in [0.717, 1.165) is 28.4 Å². The van der Waals surface area contributed by atoms with Crippen molar-refractivity contribution in [2.75, 3.05) is 16.2 Å². The second kappa shape index (κ2) is 8.83. The maximum absolute atomic E-state index is 13.3. The monoisotopic (exact) mass is 413 g/mol. The summed E-state index contributed by atoms with van der Waals surface area (Å²) in [5.74, 6) is -1.03. The highest BCUT2D eigenvalue weighted by atomic mass is 32.2. The predicted octanol–water partition coefficient (Wildman–Crippen LogP) is 3.62. The third-order valence-corrected chi connectivity index (χ3v) is 6.03. The number of amides is 1. The summed E-state index contributed by atoms with van der Waals surface area (Å²) in [6.07, 6.45) is 3.52. The first kappa shape index (κ1) is 20.5. The van der Waals surface area contributed by atoms with E-state index in [4.69, 9.17) is 0 Å². The molecule has 29 heavy (non-hydrogen) atoms. The van der Waals surface area contributed by atoms with Gasteiger partial charge in [-0.25, -0.2) is 12.8 Å². The van der Waals surface area contributed by atoms with Crippen LogP contribution in [0.15, 0.2) is 78.0 Å². The number of aromatic nitrogens is 1. The van der Waals surface area contributed by atoms with Crippen LogP contribution in [0.2, 0.25) is 0 Å². The summed E-state index contributed by atoms with van der Waals surface area (Å²) < 4.78 is 40.5. The fourth-order valence-electron chi connectivity index (χ4n) is 2.70. The number of benzene rings is 2. The number of nitrogens with zero attached hydrogens (tertiary/aromatic N) is 2. The molecule has 0 radical (unpaired) electrons. The van der Waals surface area contributed by atoms with E-state index in [1.807, 2.05) is 19.1 Å². The van der Waals surface area contributed by atoms with Crippen LogP contribution < -0.4 is 9.62 Å². The van der Waals surface area contributed by atoms with Crippen LogP contribution in [-0.4, -0.2) is 25.9 Å². The molecule has 0 saturated carbocycles. The Labute approximate surface area is 169 Å². The van der Waals surface area contributed by atoms with Crippen LogP contribution in [-0.2, 0) is 21.2 Å². The van der Waals surface area contributed by atoms with E-state index in [1.54, 1.807) is 12.1 Å². The SMILES string of the molecule is CCc1ccc(NC(=O)CN(c2ccc(F)cc2)S(=O)(=O)c2cccnc2)cc1. The standard InChI is InChI=1S/C21H20FN3O3S/c1-2-16-5-9-18(10-6-16)24-21(26)15-25(19-11-7-17(22)8-12-19)29(27,28)20-4-3-13-23-14-20/h3-14H,2,15H2,1H3,(H,24,26). The number of nitrogens with one attached hydrogen (secondary N) is 1. The minimum absolute atomic E-state index is 0.0653. The van der Waals surface area contributed by atoms with Crippen LogP contribution in [0.1, 0.15) is 12.5 Å². The Hall–Kier alpha value is -3.26. The molecule has 150 valence electrons. The second-order valence-electron chi connectivity index (χ2n) is 6.28. The lowest BCUT2D eigenvalue weighted by atomic mass is 10.1. The molecule has 0 saturated heterocycles. The van der Waals surface area contributed by atoms with E-state index in [1.165, 1.54) is 36.7 Å². The van der Waals surface area contributed by atoms with Crippen LogP contribution in [0.25, 0.3) is 0 Å². The number of hydrogen-bond donors (Lipinski definition) is 1. The smallest absolute Gasteiger partial charge is 0.266 e. The summed E-state index contributed by atoms with van der Waals surface area (Å²) in [5, 5.41) is 2.69. The second-order valence-corrected chi connectivity index (χ2v) is 8.14. The molecule has 0 unspecified atom stereocenters. The first-order chi connectivity index (χ1) is 13.9. The first-order valence-electron chi connectivity index (χ1n) is 8.97. The topological polar surface area (TPSA) is 79.4 Å². The Morgan fingerprint density at radius 1 is 1.07 bits per heavy atom. The normalized spacial score (nSPS) is 11.1. The Bertz CT molecular complexity index is 1070. The van der Waals surface area contributed by atoms with Gasteiger partial charge in [0.25, 0.3) is 10.0 Å². The molecule has 1 aromatic heterocycles. The van der Waals surface area contributed by atoms with Gasteiger partial charge in [0.2, 0.25) is 5.91 Å². The largest absolute Gasteiger partial charge is 0.325 e. The van der Waals surface area contributed by atoms with Gasteiger partial charge in [0.05, 0.1) is 5.69 Å². The zero-order chi connectivity index (χ0) is 20.9. The van der Waals surface area contributed by atoms with Gasteiger partial charge in [0.1, 0.15) is 17.3 Å². The summed E-state index contributed by atoms with van der Waals surface area (Å²) in [5.41, 5.74) is 1.85. The molecule has 8 heteroatoms. The Morgan fingerprint density at radius 2 is 1.76 bits per heavy atom. The number of halogens is 1. The molecule has 0 fully saturated rings. The maximum Gasteiger partial charge on any atom is 0.266 e. The number of anilines is 2. The highest BCUT2D eigenvalue weighted by Crippen LogP contribution is 2.23. The van der Waals surface area contributed by atoms with Crippen LogP contribution in [0.4, 0.5) is 15.8 Å². The minimum atomic E-state index is -4.08. The van der Waals surface area contributed by atoms with E-state index in [0.29, 0.717) is 5.69 Å². The van der Waals surface area contributed by atoms with Crippen molar-refractivity contribution in [3.63, 3.8) is 0 Å². The molecule has 0 aliphatic rings. The fraction of sp³-hybridized carbons (Fsp3) is 0.143.